The molecule has 0 saturated carbocycles. The van der Waals surface area contributed by atoms with Crippen LogP contribution in [0.2, 0.25) is 0 Å². The van der Waals surface area contributed by atoms with Crippen LogP contribution in [0.4, 0.5) is 20.2 Å². The molecule has 2 aromatic rings. The Morgan fingerprint density at radius 2 is 1.97 bits per heavy atom. The summed E-state index contributed by atoms with van der Waals surface area (Å²) < 4.78 is 34.4. The van der Waals surface area contributed by atoms with E-state index in [0.29, 0.717) is 17.1 Å². The Balaban J connectivity index is 1.80. The number of anilines is 2. The number of amides is 1. The lowest BCUT2D eigenvalue weighted by molar-refractivity contribution is 0.101. The Labute approximate surface area is 168 Å². The van der Waals surface area contributed by atoms with Crippen LogP contribution in [0.5, 0.6) is 5.75 Å². The van der Waals surface area contributed by atoms with Crippen LogP contribution in [-0.4, -0.2) is 30.3 Å². The van der Waals surface area contributed by atoms with Gasteiger partial charge < -0.3 is 20.5 Å². The minimum atomic E-state index is -0.984. The molecule has 3 rings (SSSR count). The van der Waals surface area contributed by atoms with Crippen molar-refractivity contribution in [1.82, 2.24) is 0 Å². The van der Waals surface area contributed by atoms with Crippen molar-refractivity contribution in [3.8, 4) is 17.6 Å². The van der Waals surface area contributed by atoms with Crippen LogP contribution in [-0.2, 0) is 0 Å². The van der Waals surface area contributed by atoms with Crippen LogP contribution in [0.3, 0.4) is 0 Å². The van der Waals surface area contributed by atoms with Crippen molar-refractivity contribution in [2.75, 3.05) is 23.8 Å². The van der Waals surface area contributed by atoms with E-state index in [0.717, 1.165) is 12.1 Å². The number of benzene rings is 2. The van der Waals surface area contributed by atoms with Crippen LogP contribution in [0, 0.1) is 28.9 Å². The minimum Gasteiger partial charge on any atom is -0.489 e. The molecule has 1 heterocycles. The first-order valence-corrected chi connectivity index (χ1v) is 9.14. The lowest BCUT2D eigenvalue weighted by Gasteiger charge is -2.26. The summed E-state index contributed by atoms with van der Waals surface area (Å²) in [5.74, 6) is 3.22. The topological polar surface area (TPSA) is 70.6 Å². The Bertz CT molecular complexity index is 980. The molecule has 0 aromatic heterocycles. The van der Waals surface area contributed by atoms with Crippen LogP contribution < -0.4 is 15.4 Å². The molecule has 1 atom stereocenters. The van der Waals surface area contributed by atoms with E-state index < -0.39 is 23.1 Å². The molecule has 5 nitrogen and oxygen atoms in total. The molecule has 7 heteroatoms. The minimum absolute atomic E-state index is 0.0768. The highest BCUT2D eigenvalue weighted by Crippen LogP contribution is 2.32. The maximum Gasteiger partial charge on any atom is 0.261 e. The van der Waals surface area contributed by atoms with Crippen LogP contribution in [0.1, 0.15) is 36.7 Å². The van der Waals surface area contributed by atoms with Crippen LogP contribution in [0.25, 0.3) is 0 Å². The van der Waals surface area contributed by atoms with E-state index in [9.17, 15) is 18.7 Å². The number of nitrogens with one attached hydrogen (secondary N) is 2. The van der Waals surface area contributed by atoms with Crippen molar-refractivity contribution < 1.29 is 23.4 Å². The summed E-state index contributed by atoms with van der Waals surface area (Å²) in [7, 11) is 0. The Hall–Kier alpha value is -3.11. The molecule has 152 valence electrons. The number of aliphatic hydroxyl groups is 1. The standard InChI is InChI=1S/C22H22F2N2O3/c1-22(2,3)7-6-13-8-16(23)20(17(24)9-13)21(28)26-14-4-5-18-19(10-14)29-12-15(11-27)25-18/h4-5,8-10,15,25,27H,11-12H2,1-3H3,(H,26,28). The first kappa shape index (κ1) is 20.6. The summed E-state index contributed by atoms with van der Waals surface area (Å²) in [5, 5.41) is 14.7. The number of halogens is 2. The van der Waals surface area contributed by atoms with Gasteiger partial charge >= 0.3 is 0 Å². The van der Waals surface area contributed by atoms with E-state index >= 15 is 0 Å². The number of aliphatic hydroxyl groups excluding tert-OH is 1. The molecule has 0 saturated heterocycles. The molecule has 1 unspecified atom stereocenters. The Kier molecular flexibility index (Phi) is 5.76. The van der Waals surface area contributed by atoms with Gasteiger partial charge in [0.25, 0.3) is 5.91 Å². The molecule has 1 aliphatic rings. The van der Waals surface area contributed by atoms with Crippen molar-refractivity contribution in [3.63, 3.8) is 0 Å². The second-order valence-corrected chi connectivity index (χ2v) is 7.81. The largest absolute Gasteiger partial charge is 0.489 e. The molecule has 0 aliphatic carbocycles. The zero-order valence-electron chi connectivity index (χ0n) is 16.4. The van der Waals surface area contributed by atoms with Gasteiger partial charge in [0, 0.05) is 22.7 Å². The average Bonchev–Trinajstić information content (AvgIpc) is 2.65. The third-order valence-corrected chi connectivity index (χ3v) is 4.11. The molecule has 1 amide bonds. The van der Waals surface area contributed by atoms with E-state index in [2.05, 4.69) is 22.5 Å². The summed E-state index contributed by atoms with van der Waals surface area (Å²) in [6.07, 6.45) is 0. The first-order chi connectivity index (χ1) is 13.7. The fraction of sp³-hybridized carbons (Fsp3) is 0.318. The highest BCUT2D eigenvalue weighted by atomic mass is 19.1. The van der Waals surface area contributed by atoms with Gasteiger partial charge in [0.1, 0.15) is 29.6 Å². The predicted octanol–water partition coefficient (Wildman–Crippen LogP) is 3.78. The van der Waals surface area contributed by atoms with Gasteiger partial charge in [-0.1, -0.05) is 11.8 Å². The lowest BCUT2D eigenvalue weighted by atomic mass is 9.97. The average molecular weight is 400 g/mol. The molecule has 0 spiro atoms. The first-order valence-electron chi connectivity index (χ1n) is 9.14. The van der Waals surface area contributed by atoms with Gasteiger partial charge in [-0.25, -0.2) is 8.78 Å². The maximum atomic E-state index is 14.4. The number of rotatable bonds is 3. The quantitative estimate of drug-likeness (QED) is 0.686. The van der Waals surface area contributed by atoms with Gasteiger partial charge in [-0.05, 0) is 45.0 Å². The van der Waals surface area contributed by atoms with Gasteiger partial charge in [-0.15, -0.1) is 0 Å². The molecule has 3 N–H and O–H groups in total. The fourth-order valence-corrected chi connectivity index (χ4v) is 2.70. The molecule has 0 bridgehead atoms. The van der Waals surface area contributed by atoms with Crippen molar-refractivity contribution in [2.45, 2.75) is 26.8 Å². The summed E-state index contributed by atoms with van der Waals surface area (Å²) >= 11 is 0. The summed E-state index contributed by atoms with van der Waals surface area (Å²) in [5.41, 5.74) is 0.159. The van der Waals surface area contributed by atoms with Crippen molar-refractivity contribution in [3.05, 3.63) is 53.1 Å². The molecule has 29 heavy (non-hydrogen) atoms. The number of ether oxygens (including phenoxy) is 1. The Morgan fingerprint density at radius 3 is 2.59 bits per heavy atom. The van der Waals surface area contributed by atoms with E-state index in [1.807, 2.05) is 20.8 Å². The number of fused-ring (bicyclic) bond motifs is 1. The normalized spacial score (nSPS) is 15.3. The predicted molar refractivity (Wildman–Crippen MR) is 107 cm³/mol. The number of carbonyl (C=O) groups is 1. The molecular weight excluding hydrogens is 378 g/mol. The highest BCUT2D eigenvalue weighted by molar-refractivity contribution is 6.05. The summed E-state index contributed by atoms with van der Waals surface area (Å²) in [6.45, 7) is 5.84. The van der Waals surface area contributed by atoms with E-state index in [-0.39, 0.29) is 30.2 Å². The highest BCUT2D eigenvalue weighted by Gasteiger charge is 2.21. The van der Waals surface area contributed by atoms with Crippen LogP contribution >= 0.6 is 0 Å². The third-order valence-electron chi connectivity index (χ3n) is 4.11. The smallest absolute Gasteiger partial charge is 0.261 e. The monoisotopic (exact) mass is 400 g/mol. The van der Waals surface area contributed by atoms with E-state index in [1.54, 1.807) is 18.2 Å². The summed E-state index contributed by atoms with van der Waals surface area (Å²) in [6, 6.07) is 6.66. The van der Waals surface area contributed by atoms with E-state index in [4.69, 9.17) is 4.74 Å². The maximum absolute atomic E-state index is 14.4. The molecule has 0 radical (unpaired) electrons. The zero-order chi connectivity index (χ0) is 21.2. The van der Waals surface area contributed by atoms with Gasteiger partial charge in [0.2, 0.25) is 0 Å². The van der Waals surface area contributed by atoms with Crippen molar-refractivity contribution in [1.29, 1.82) is 0 Å². The van der Waals surface area contributed by atoms with Gasteiger partial charge in [-0.2, -0.15) is 0 Å². The molecule has 2 aromatic carbocycles. The fourth-order valence-electron chi connectivity index (χ4n) is 2.70. The van der Waals surface area contributed by atoms with Crippen LogP contribution in [0.15, 0.2) is 30.3 Å². The van der Waals surface area contributed by atoms with Crippen molar-refractivity contribution >= 4 is 17.3 Å². The number of hydrogen-bond donors (Lipinski definition) is 3. The van der Waals surface area contributed by atoms with Gasteiger partial charge in [0.05, 0.1) is 18.3 Å². The van der Waals surface area contributed by atoms with Crippen molar-refractivity contribution in [2.24, 2.45) is 5.41 Å². The SMILES string of the molecule is CC(C)(C)C#Cc1cc(F)c(C(=O)Nc2ccc3c(c2)OCC(CO)N3)c(F)c1. The lowest BCUT2D eigenvalue weighted by Crippen LogP contribution is -2.34. The molecular formula is C22H22F2N2O3. The second kappa shape index (κ2) is 8.10. The van der Waals surface area contributed by atoms with Gasteiger partial charge in [0.15, 0.2) is 0 Å². The number of carbonyl (C=O) groups excluding carboxylic acids is 1. The third kappa shape index (κ3) is 5.04. The second-order valence-electron chi connectivity index (χ2n) is 7.81. The van der Waals surface area contributed by atoms with E-state index in [1.165, 1.54) is 0 Å². The summed E-state index contributed by atoms with van der Waals surface area (Å²) in [4.78, 5) is 12.4. The van der Waals surface area contributed by atoms with Gasteiger partial charge in [-0.3, -0.25) is 4.79 Å². The number of hydrogen-bond acceptors (Lipinski definition) is 4. The Morgan fingerprint density at radius 1 is 1.28 bits per heavy atom. The molecule has 1 aliphatic heterocycles. The zero-order valence-corrected chi connectivity index (χ0v) is 16.4. The molecule has 0 fully saturated rings.